The van der Waals surface area contributed by atoms with Gasteiger partial charge in [0.15, 0.2) is 18.9 Å². The Morgan fingerprint density at radius 2 is 0.805 bits per heavy atom. The van der Waals surface area contributed by atoms with Crippen molar-refractivity contribution in [1.82, 2.24) is 5.32 Å². The summed E-state index contributed by atoms with van der Waals surface area (Å²) in [5.41, 5.74) is 0. The summed E-state index contributed by atoms with van der Waals surface area (Å²) >= 11 is 0. The molecule has 17 unspecified atom stereocenters. The van der Waals surface area contributed by atoms with Crippen LogP contribution in [0.1, 0.15) is 219 Å². The summed E-state index contributed by atoms with van der Waals surface area (Å²) in [5, 5.41) is 120. The summed E-state index contributed by atoms with van der Waals surface area (Å²) < 4.78 is 34.2. The first-order valence-electron chi connectivity index (χ1n) is 30.4. The molecule has 0 bridgehead atoms. The fourth-order valence-corrected chi connectivity index (χ4v) is 10.5. The zero-order valence-electron chi connectivity index (χ0n) is 47.2. The Labute approximate surface area is 461 Å². The van der Waals surface area contributed by atoms with Crippen LogP contribution in [-0.4, -0.2) is 193 Å². The van der Waals surface area contributed by atoms with Gasteiger partial charge in [-0.3, -0.25) is 4.79 Å². The molecule has 3 aliphatic heterocycles. The number of amides is 1. The van der Waals surface area contributed by atoms with Crippen molar-refractivity contribution in [3.05, 3.63) is 12.2 Å². The number of hydrogen-bond donors (Lipinski definition) is 12. The topological polar surface area (TPSA) is 307 Å². The second-order valence-corrected chi connectivity index (χ2v) is 22.2. The van der Waals surface area contributed by atoms with E-state index >= 15 is 0 Å². The van der Waals surface area contributed by atoms with Crippen LogP contribution in [0, 0.1) is 0 Å². The molecular formula is C58H109NO18. The van der Waals surface area contributed by atoms with Crippen molar-refractivity contribution in [2.75, 3.05) is 26.4 Å². The first kappa shape index (κ1) is 69.8. The Balaban J connectivity index is 1.47. The van der Waals surface area contributed by atoms with Crippen LogP contribution in [0.2, 0.25) is 0 Å². The quantitative estimate of drug-likeness (QED) is 0.0269. The van der Waals surface area contributed by atoms with Crippen molar-refractivity contribution in [1.29, 1.82) is 0 Å². The van der Waals surface area contributed by atoms with E-state index in [1.54, 1.807) is 6.08 Å². The molecule has 77 heavy (non-hydrogen) atoms. The Hall–Kier alpha value is -1.47. The van der Waals surface area contributed by atoms with Crippen molar-refractivity contribution in [2.24, 2.45) is 0 Å². The molecule has 0 radical (unpaired) electrons. The number of unbranched alkanes of at least 4 members (excludes halogenated alkanes) is 29. The number of aliphatic hydroxyl groups excluding tert-OH is 11. The minimum Gasteiger partial charge on any atom is -0.394 e. The van der Waals surface area contributed by atoms with E-state index in [2.05, 4.69) is 19.2 Å². The van der Waals surface area contributed by atoms with Gasteiger partial charge in [-0.05, 0) is 19.3 Å². The molecular weight excluding hydrogens is 999 g/mol. The van der Waals surface area contributed by atoms with Gasteiger partial charge in [-0.25, -0.2) is 0 Å². The maximum Gasteiger partial charge on any atom is 0.220 e. The Morgan fingerprint density at radius 3 is 1.22 bits per heavy atom. The molecule has 0 aromatic carbocycles. The van der Waals surface area contributed by atoms with Crippen LogP contribution >= 0.6 is 0 Å². The number of carbonyl (C=O) groups is 1. The van der Waals surface area contributed by atoms with Gasteiger partial charge in [0.2, 0.25) is 5.91 Å². The highest BCUT2D eigenvalue weighted by atomic mass is 16.8. The normalized spacial score (nSPS) is 30.7. The fourth-order valence-electron chi connectivity index (χ4n) is 10.5. The number of nitrogens with one attached hydrogen (secondary N) is 1. The van der Waals surface area contributed by atoms with Gasteiger partial charge in [-0.2, -0.15) is 0 Å². The molecule has 0 spiro atoms. The molecule has 0 aromatic heterocycles. The molecule has 12 N–H and O–H groups in total. The van der Waals surface area contributed by atoms with Crippen LogP contribution in [0.3, 0.4) is 0 Å². The van der Waals surface area contributed by atoms with Crippen molar-refractivity contribution in [3.63, 3.8) is 0 Å². The summed E-state index contributed by atoms with van der Waals surface area (Å²) in [4.78, 5) is 13.3. The Bertz CT molecular complexity index is 1460. The molecule has 454 valence electrons. The van der Waals surface area contributed by atoms with Crippen LogP contribution in [0.25, 0.3) is 0 Å². The number of allylic oxidation sites excluding steroid dienone is 1. The van der Waals surface area contributed by atoms with Gasteiger partial charge in [0.05, 0.1) is 38.6 Å². The highest BCUT2D eigenvalue weighted by molar-refractivity contribution is 5.76. The second kappa shape index (κ2) is 42.4. The van der Waals surface area contributed by atoms with Crippen LogP contribution in [0.4, 0.5) is 0 Å². The molecule has 1 amide bonds. The lowest BCUT2D eigenvalue weighted by Crippen LogP contribution is -2.66. The molecule has 0 aliphatic carbocycles. The summed E-state index contributed by atoms with van der Waals surface area (Å²) in [5.74, 6) is -0.276. The maximum atomic E-state index is 13.3. The predicted molar refractivity (Wildman–Crippen MR) is 291 cm³/mol. The number of rotatable bonds is 45. The monoisotopic (exact) mass is 1110 g/mol. The molecule has 3 heterocycles. The van der Waals surface area contributed by atoms with Crippen molar-refractivity contribution >= 4 is 5.91 Å². The first-order chi connectivity index (χ1) is 37.3. The molecule has 19 heteroatoms. The predicted octanol–water partition coefficient (Wildman–Crippen LogP) is 5.38. The third-order valence-electron chi connectivity index (χ3n) is 15.6. The Morgan fingerprint density at radius 1 is 0.455 bits per heavy atom. The van der Waals surface area contributed by atoms with Gasteiger partial charge in [0.1, 0.15) is 73.2 Å². The number of ether oxygens (including phenoxy) is 6. The van der Waals surface area contributed by atoms with E-state index in [0.717, 1.165) is 44.9 Å². The molecule has 3 aliphatic rings. The fraction of sp³-hybridized carbons (Fsp3) is 0.948. The maximum absolute atomic E-state index is 13.3. The van der Waals surface area contributed by atoms with Crippen LogP contribution < -0.4 is 5.32 Å². The number of carbonyl (C=O) groups excluding carboxylic acids is 1. The van der Waals surface area contributed by atoms with E-state index in [9.17, 15) is 61.0 Å². The van der Waals surface area contributed by atoms with Crippen molar-refractivity contribution in [3.8, 4) is 0 Å². The van der Waals surface area contributed by atoms with Crippen molar-refractivity contribution in [2.45, 2.75) is 324 Å². The van der Waals surface area contributed by atoms with Gasteiger partial charge in [-0.15, -0.1) is 0 Å². The van der Waals surface area contributed by atoms with Crippen LogP contribution in [0.5, 0.6) is 0 Å². The largest absolute Gasteiger partial charge is 0.394 e. The molecule has 3 rings (SSSR count). The molecule has 17 atom stereocenters. The average molecular weight is 1110 g/mol. The lowest BCUT2D eigenvalue weighted by atomic mass is 9.96. The molecule has 3 fully saturated rings. The van der Waals surface area contributed by atoms with Gasteiger partial charge >= 0.3 is 0 Å². The van der Waals surface area contributed by atoms with Gasteiger partial charge < -0.3 is 89.9 Å². The van der Waals surface area contributed by atoms with Gasteiger partial charge in [0.25, 0.3) is 0 Å². The van der Waals surface area contributed by atoms with Gasteiger partial charge in [0, 0.05) is 6.42 Å². The van der Waals surface area contributed by atoms with E-state index in [0.29, 0.717) is 6.42 Å². The average Bonchev–Trinajstić information content (AvgIpc) is 3.43. The second-order valence-electron chi connectivity index (χ2n) is 22.2. The van der Waals surface area contributed by atoms with Crippen LogP contribution in [0.15, 0.2) is 12.2 Å². The summed E-state index contributed by atoms with van der Waals surface area (Å²) in [6.45, 7) is 1.71. The summed E-state index contributed by atoms with van der Waals surface area (Å²) in [6.07, 6.45) is 15.0. The third-order valence-corrected chi connectivity index (χ3v) is 15.6. The van der Waals surface area contributed by atoms with E-state index in [1.165, 1.54) is 148 Å². The minimum absolute atomic E-state index is 0.247. The molecule has 0 aromatic rings. The smallest absolute Gasteiger partial charge is 0.220 e. The van der Waals surface area contributed by atoms with E-state index in [1.807, 2.05) is 6.08 Å². The molecule has 3 saturated heterocycles. The zero-order valence-corrected chi connectivity index (χ0v) is 47.2. The Kier molecular flexibility index (Phi) is 38.4. The SMILES string of the molecule is CCCCCCCCCCCCCCCCCCCCCC/C=C/C(O)C(COC1OC(CO)C(OC2OC(CO)C(OC3OC(CO)C(O)C(O)C3O)C(O)C2O)C(O)C1O)NC(=O)CCCCCCCCCCCC. The highest BCUT2D eigenvalue weighted by Crippen LogP contribution is 2.33. The first-order valence-corrected chi connectivity index (χ1v) is 30.4. The number of hydrogen-bond acceptors (Lipinski definition) is 18. The summed E-state index contributed by atoms with van der Waals surface area (Å²) in [7, 11) is 0. The lowest BCUT2D eigenvalue weighted by Gasteiger charge is -2.48. The summed E-state index contributed by atoms with van der Waals surface area (Å²) in [6, 6.07) is -0.966. The standard InChI is InChI=1S/C58H109NO18/c1-3-5-7-9-11-13-15-16-17-18-19-20-21-22-23-24-25-26-27-29-31-33-35-42(63)41(59-46(64)36-34-32-30-28-14-12-10-8-6-4-2)40-72-56-52(70)49(67)54(44(38-61)74-56)77-58-53(71)50(68)55(45(39-62)75-58)76-57-51(69)48(66)47(65)43(37-60)73-57/h33,35,41-45,47-58,60-63,65-71H,3-32,34,36-40H2,1-2H3,(H,59,64)/b35-33+. The third kappa shape index (κ3) is 26.5. The zero-order chi connectivity index (χ0) is 56.2. The highest BCUT2D eigenvalue weighted by Gasteiger charge is 2.53. The van der Waals surface area contributed by atoms with Gasteiger partial charge in [-0.1, -0.05) is 206 Å². The lowest BCUT2D eigenvalue weighted by molar-refractivity contribution is -0.379. The van der Waals surface area contributed by atoms with Crippen LogP contribution in [-0.2, 0) is 33.2 Å². The van der Waals surface area contributed by atoms with E-state index in [-0.39, 0.29) is 18.9 Å². The van der Waals surface area contributed by atoms with E-state index < -0.39 is 124 Å². The molecule has 19 nitrogen and oxygen atoms in total. The molecule has 0 saturated carbocycles. The van der Waals surface area contributed by atoms with E-state index in [4.69, 9.17) is 28.4 Å². The number of aliphatic hydroxyl groups is 11. The minimum atomic E-state index is -1.97. The van der Waals surface area contributed by atoms with Crippen molar-refractivity contribution < 1.29 is 89.4 Å².